The summed E-state index contributed by atoms with van der Waals surface area (Å²) >= 11 is 0. The third-order valence-electron chi connectivity index (χ3n) is 3.58. The van der Waals surface area contributed by atoms with Gasteiger partial charge in [-0.15, -0.1) is 0 Å². The van der Waals surface area contributed by atoms with Crippen LogP contribution >= 0.6 is 0 Å². The number of hydrogen-bond acceptors (Lipinski definition) is 4. The largest absolute Gasteiger partial charge is 0.378 e. The van der Waals surface area contributed by atoms with Crippen molar-refractivity contribution in [2.75, 3.05) is 13.2 Å². The maximum atomic E-state index is 5.67. The lowest BCUT2D eigenvalue weighted by Gasteiger charge is -2.17. The molecule has 0 saturated carbocycles. The van der Waals surface area contributed by atoms with Crippen LogP contribution in [-0.2, 0) is 4.74 Å². The van der Waals surface area contributed by atoms with Gasteiger partial charge in [0.2, 0.25) is 0 Å². The molecule has 0 amide bonds. The molecule has 19 heavy (non-hydrogen) atoms. The van der Waals surface area contributed by atoms with Crippen LogP contribution in [0.4, 0.5) is 0 Å². The Morgan fingerprint density at radius 1 is 1.42 bits per heavy atom. The Morgan fingerprint density at radius 3 is 2.95 bits per heavy atom. The minimum Gasteiger partial charge on any atom is -0.378 e. The van der Waals surface area contributed by atoms with Crippen molar-refractivity contribution in [3.05, 3.63) is 24.3 Å². The molecule has 0 spiro atoms. The quantitative estimate of drug-likeness (QED) is 0.783. The molecule has 1 aromatic rings. The molecule has 4 nitrogen and oxygen atoms in total. The molecular formula is C15H25N3O. The van der Waals surface area contributed by atoms with Crippen molar-refractivity contribution in [1.82, 2.24) is 15.3 Å². The Balaban J connectivity index is 1.79. The fourth-order valence-corrected chi connectivity index (χ4v) is 2.55. The van der Waals surface area contributed by atoms with Gasteiger partial charge in [-0.05, 0) is 51.1 Å². The van der Waals surface area contributed by atoms with E-state index in [0.29, 0.717) is 6.10 Å². The second-order valence-electron chi connectivity index (χ2n) is 5.18. The summed E-state index contributed by atoms with van der Waals surface area (Å²) in [6, 6.07) is 2.15. The van der Waals surface area contributed by atoms with Crippen LogP contribution in [-0.4, -0.2) is 29.2 Å². The molecule has 1 aliphatic rings. The number of ether oxygens (including phenoxy) is 1. The van der Waals surface area contributed by atoms with Gasteiger partial charge in [0, 0.05) is 19.0 Å². The Kier molecular flexibility index (Phi) is 6.24. The van der Waals surface area contributed by atoms with Crippen molar-refractivity contribution in [3.63, 3.8) is 0 Å². The van der Waals surface area contributed by atoms with Crippen molar-refractivity contribution in [1.29, 1.82) is 0 Å². The van der Waals surface area contributed by atoms with Gasteiger partial charge < -0.3 is 10.1 Å². The van der Waals surface area contributed by atoms with Gasteiger partial charge in [0.1, 0.15) is 5.82 Å². The zero-order valence-electron chi connectivity index (χ0n) is 11.8. The highest BCUT2D eigenvalue weighted by Gasteiger charge is 2.17. The molecule has 1 aromatic heterocycles. The third-order valence-corrected chi connectivity index (χ3v) is 3.58. The topological polar surface area (TPSA) is 47.0 Å². The van der Waals surface area contributed by atoms with Crippen LogP contribution in [0.5, 0.6) is 0 Å². The molecule has 2 atom stereocenters. The first-order chi connectivity index (χ1) is 9.40. The summed E-state index contributed by atoms with van der Waals surface area (Å²) in [6.45, 7) is 4.15. The summed E-state index contributed by atoms with van der Waals surface area (Å²) in [4.78, 5) is 8.76. The average molecular weight is 263 g/mol. The maximum absolute atomic E-state index is 5.67. The summed E-state index contributed by atoms with van der Waals surface area (Å²) in [5.74, 6) is 0.920. The minimum absolute atomic E-state index is 0.280. The minimum atomic E-state index is 0.280. The van der Waals surface area contributed by atoms with Crippen molar-refractivity contribution in [2.24, 2.45) is 0 Å². The molecule has 106 valence electrons. The van der Waals surface area contributed by atoms with Crippen LogP contribution in [0.3, 0.4) is 0 Å². The highest BCUT2D eigenvalue weighted by Crippen LogP contribution is 2.21. The van der Waals surface area contributed by atoms with Crippen molar-refractivity contribution in [2.45, 2.75) is 57.6 Å². The van der Waals surface area contributed by atoms with E-state index in [9.17, 15) is 0 Å². The first-order valence-electron chi connectivity index (χ1n) is 7.52. The lowest BCUT2D eigenvalue weighted by atomic mass is 10.0. The molecule has 1 fully saturated rings. The SMILES string of the molecule is CCCNC(CCCC1CCCO1)c1ncccn1. The van der Waals surface area contributed by atoms with Crippen LogP contribution in [0.15, 0.2) is 18.5 Å². The van der Waals surface area contributed by atoms with E-state index in [1.807, 2.05) is 18.5 Å². The molecule has 2 unspecified atom stereocenters. The molecule has 2 rings (SSSR count). The lowest BCUT2D eigenvalue weighted by molar-refractivity contribution is 0.101. The van der Waals surface area contributed by atoms with E-state index in [0.717, 1.165) is 38.2 Å². The van der Waals surface area contributed by atoms with Gasteiger partial charge in [-0.2, -0.15) is 0 Å². The molecule has 1 aliphatic heterocycles. The van der Waals surface area contributed by atoms with Gasteiger partial charge in [-0.3, -0.25) is 0 Å². The van der Waals surface area contributed by atoms with Crippen molar-refractivity contribution in [3.8, 4) is 0 Å². The van der Waals surface area contributed by atoms with Crippen molar-refractivity contribution < 1.29 is 4.74 Å². The number of aromatic nitrogens is 2. The van der Waals surface area contributed by atoms with Gasteiger partial charge in [0.05, 0.1) is 12.1 Å². The van der Waals surface area contributed by atoms with Crippen LogP contribution in [0.25, 0.3) is 0 Å². The van der Waals surface area contributed by atoms with E-state index in [-0.39, 0.29) is 6.04 Å². The summed E-state index contributed by atoms with van der Waals surface area (Å²) in [5, 5.41) is 3.55. The summed E-state index contributed by atoms with van der Waals surface area (Å²) in [7, 11) is 0. The lowest BCUT2D eigenvalue weighted by Crippen LogP contribution is -2.24. The molecule has 2 heterocycles. The maximum Gasteiger partial charge on any atom is 0.145 e. The Labute approximate surface area is 116 Å². The zero-order valence-corrected chi connectivity index (χ0v) is 11.8. The van der Waals surface area contributed by atoms with Crippen LogP contribution in [0.1, 0.15) is 57.3 Å². The molecular weight excluding hydrogens is 238 g/mol. The van der Waals surface area contributed by atoms with Crippen LogP contribution in [0.2, 0.25) is 0 Å². The monoisotopic (exact) mass is 263 g/mol. The van der Waals surface area contributed by atoms with E-state index >= 15 is 0 Å². The Bertz CT molecular complexity index is 339. The Hall–Kier alpha value is -1.00. The first kappa shape index (κ1) is 14.4. The van der Waals surface area contributed by atoms with Crippen LogP contribution < -0.4 is 5.32 Å². The molecule has 1 N–H and O–H groups in total. The van der Waals surface area contributed by atoms with E-state index < -0.39 is 0 Å². The number of nitrogens with zero attached hydrogens (tertiary/aromatic N) is 2. The average Bonchev–Trinajstić information content (AvgIpc) is 2.97. The van der Waals surface area contributed by atoms with Gasteiger partial charge in [0.15, 0.2) is 0 Å². The normalized spacial score (nSPS) is 20.6. The standard InChI is InChI=1S/C15H25N3O/c1-2-9-16-14(15-17-10-5-11-18-15)8-3-6-13-7-4-12-19-13/h5,10-11,13-14,16H,2-4,6-9,12H2,1H3. The van der Waals surface area contributed by atoms with Gasteiger partial charge >= 0.3 is 0 Å². The fraction of sp³-hybridized carbons (Fsp3) is 0.733. The molecule has 0 aliphatic carbocycles. The molecule has 0 aromatic carbocycles. The molecule has 4 heteroatoms. The summed E-state index contributed by atoms with van der Waals surface area (Å²) in [5.41, 5.74) is 0. The number of nitrogens with one attached hydrogen (secondary N) is 1. The second-order valence-corrected chi connectivity index (χ2v) is 5.18. The highest BCUT2D eigenvalue weighted by molar-refractivity contribution is 4.95. The predicted molar refractivity (Wildman–Crippen MR) is 75.9 cm³/mol. The predicted octanol–water partition coefficient (Wildman–Crippen LogP) is 2.87. The summed E-state index contributed by atoms with van der Waals surface area (Å²) < 4.78 is 5.67. The van der Waals surface area contributed by atoms with E-state index in [2.05, 4.69) is 22.2 Å². The van der Waals surface area contributed by atoms with E-state index in [1.165, 1.54) is 19.3 Å². The Morgan fingerprint density at radius 2 is 2.26 bits per heavy atom. The second kappa shape index (κ2) is 8.23. The van der Waals surface area contributed by atoms with E-state index in [4.69, 9.17) is 4.74 Å². The van der Waals surface area contributed by atoms with Gasteiger partial charge in [-0.1, -0.05) is 6.92 Å². The number of hydrogen-bond donors (Lipinski definition) is 1. The van der Waals surface area contributed by atoms with Crippen molar-refractivity contribution >= 4 is 0 Å². The smallest absolute Gasteiger partial charge is 0.145 e. The molecule has 0 bridgehead atoms. The molecule has 0 radical (unpaired) electrons. The van der Waals surface area contributed by atoms with Gasteiger partial charge in [0.25, 0.3) is 0 Å². The fourth-order valence-electron chi connectivity index (χ4n) is 2.55. The first-order valence-corrected chi connectivity index (χ1v) is 7.52. The number of rotatable bonds is 8. The van der Waals surface area contributed by atoms with Crippen LogP contribution in [0, 0.1) is 0 Å². The summed E-state index contributed by atoms with van der Waals surface area (Å²) in [6.07, 6.45) is 11.1. The van der Waals surface area contributed by atoms with Gasteiger partial charge in [-0.25, -0.2) is 9.97 Å². The van der Waals surface area contributed by atoms with E-state index in [1.54, 1.807) is 0 Å². The highest BCUT2D eigenvalue weighted by atomic mass is 16.5. The zero-order chi connectivity index (χ0) is 13.3. The molecule has 1 saturated heterocycles. The third kappa shape index (κ3) is 4.88.